The molecule has 0 amide bonds. The number of ether oxygens (including phenoxy) is 1. The summed E-state index contributed by atoms with van der Waals surface area (Å²) in [5.74, 6) is 1.60. The molecular weight excluding hydrogens is 368 g/mol. The van der Waals surface area contributed by atoms with Gasteiger partial charge in [-0.1, -0.05) is 90.0 Å². The Morgan fingerprint density at radius 2 is 1.33 bits per heavy atom. The molecule has 0 aliphatic carbocycles. The van der Waals surface area contributed by atoms with Crippen LogP contribution in [0.15, 0.2) is 36.4 Å². The van der Waals surface area contributed by atoms with E-state index >= 15 is 0 Å². The van der Waals surface area contributed by atoms with Crippen molar-refractivity contribution < 1.29 is 4.74 Å². The monoisotopic (exact) mass is 410 g/mol. The third-order valence-electron chi connectivity index (χ3n) is 5.77. The van der Waals surface area contributed by atoms with Crippen LogP contribution in [0.4, 0.5) is 0 Å². The molecule has 0 saturated carbocycles. The molecule has 0 unspecified atom stereocenters. The van der Waals surface area contributed by atoms with Gasteiger partial charge in [-0.05, 0) is 36.8 Å². The van der Waals surface area contributed by atoms with Gasteiger partial charge in [0.05, 0.1) is 6.61 Å². The summed E-state index contributed by atoms with van der Waals surface area (Å²) in [6.45, 7) is 9.39. The largest absolute Gasteiger partial charge is 0.493 e. The lowest BCUT2D eigenvalue weighted by atomic mass is 10.0. The third-order valence-corrected chi connectivity index (χ3v) is 5.77. The number of amidine groups is 1. The first-order valence-electron chi connectivity index (χ1n) is 12.2. The number of fused-ring (bicyclic) bond motifs is 1. The van der Waals surface area contributed by atoms with Crippen LogP contribution >= 0.6 is 0 Å². The standard InChI is InChI=1S/C27H42N2O/c1-4-7-10-14-20-29(21-15-11-8-5-2)27(28)25-18-19-26(30-22-9-6-3)24-17-13-12-16-23(24)25/h12-13,16-19,28H,4-11,14-15,20-22H2,1-3H3. The Morgan fingerprint density at radius 1 is 0.733 bits per heavy atom. The highest BCUT2D eigenvalue weighted by Crippen LogP contribution is 2.30. The van der Waals surface area contributed by atoms with Crippen LogP contribution < -0.4 is 4.74 Å². The zero-order valence-corrected chi connectivity index (χ0v) is 19.5. The van der Waals surface area contributed by atoms with Crippen molar-refractivity contribution in [2.75, 3.05) is 19.7 Å². The van der Waals surface area contributed by atoms with E-state index in [2.05, 4.69) is 62.1 Å². The maximum Gasteiger partial charge on any atom is 0.128 e. The van der Waals surface area contributed by atoms with Gasteiger partial charge in [0.2, 0.25) is 0 Å². The van der Waals surface area contributed by atoms with Crippen LogP contribution in [0.25, 0.3) is 10.8 Å². The second kappa shape index (κ2) is 14.1. The average Bonchev–Trinajstić information content (AvgIpc) is 2.78. The molecule has 0 aliphatic heterocycles. The van der Waals surface area contributed by atoms with E-state index in [4.69, 9.17) is 10.1 Å². The minimum atomic E-state index is 0.666. The summed E-state index contributed by atoms with van der Waals surface area (Å²) in [6.07, 6.45) is 12.1. The van der Waals surface area contributed by atoms with E-state index in [-0.39, 0.29) is 0 Å². The van der Waals surface area contributed by atoms with Gasteiger partial charge < -0.3 is 9.64 Å². The molecule has 0 aromatic heterocycles. The van der Waals surface area contributed by atoms with Gasteiger partial charge in [-0.15, -0.1) is 0 Å². The Kier molecular flexibility index (Phi) is 11.4. The second-order valence-corrected chi connectivity index (χ2v) is 8.32. The number of unbranched alkanes of at least 4 members (excludes halogenated alkanes) is 7. The first-order chi connectivity index (χ1) is 14.7. The maximum atomic E-state index is 9.05. The Bertz CT molecular complexity index is 744. The molecule has 1 N–H and O–H groups in total. The van der Waals surface area contributed by atoms with E-state index in [1.54, 1.807) is 0 Å². The first kappa shape index (κ1) is 24.2. The molecule has 0 spiro atoms. The molecule has 2 aromatic carbocycles. The van der Waals surface area contributed by atoms with Crippen LogP contribution in [0.2, 0.25) is 0 Å². The van der Waals surface area contributed by atoms with Crippen molar-refractivity contribution in [2.45, 2.75) is 85.0 Å². The maximum absolute atomic E-state index is 9.05. The minimum Gasteiger partial charge on any atom is -0.493 e. The van der Waals surface area contributed by atoms with Gasteiger partial charge in [-0.3, -0.25) is 5.41 Å². The van der Waals surface area contributed by atoms with Gasteiger partial charge in [-0.25, -0.2) is 0 Å². The van der Waals surface area contributed by atoms with E-state index in [9.17, 15) is 0 Å². The van der Waals surface area contributed by atoms with Gasteiger partial charge in [0.15, 0.2) is 0 Å². The number of benzene rings is 2. The average molecular weight is 411 g/mol. The quantitative estimate of drug-likeness (QED) is 0.185. The van der Waals surface area contributed by atoms with Gasteiger partial charge >= 0.3 is 0 Å². The SMILES string of the molecule is CCCCCCN(CCCCCC)C(=N)c1ccc(OCCCC)c2ccccc12. The van der Waals surface area contributed by atoms with E-state index < -0.39 is 0 Å². The van der Waals surface area contributed by atoms with E-state index in [0.717, 1.165) is 54.6 Å². The second-order valence-electron chi connectivity index (χ2n) is 8.32. The van der Waals surface area contributed by atoms with Crippen molar-refractivity contribution in [2.24, 2.45) is 0 Å². The molecule has 0 saturated heterocycles. The number of rotatable bonds is 15. The van der Waals surface area contributed by atoms with Crippen LogP contribution in [0.5, 0.6) is 5.75 Å². The third kappa shape index (κ3) is 7.34. The summed E-state index contributed by atoms with van der Waals surface area (Å²) in [7, 11) is 0. The molecule has 166 valence electrons. The highest BCUT2D eigenvalue weighted by atomic mass is 16.5. The summed E-state index contributed by atoms with van der Waals surface area (Å²) >= 11 is 0. The molecule has 0 aliphatic rings. The van der Waals surface area contributed by atoms with Gasteiger partial charge in [0, 0.05) is 24.0 Å². The van der Waals surface area contributed by atoms with Crippen LogP contribution in [0, 0.1) is 5.41 Å². The molecule has 0 fully saturated rings. The zero-order chi connectivity index (χ0) is 21.6. The number of nitrogens with one attached hydrogen (secondary N) is 1. The van der Waals surface area contributed by atoms with Crippen molar-refractivity contribution in [3.8, 4) is 5.75 Å². The topological polar surface area (TPSA) is 36.3 Å². The molecule has 0 heterocycles. The molecule has 30 heavy (non-hydrogen) atoms. The lowest BCUT2D eigenvalue weighted by Crippen LogP contribution is -2.33. The fourth-order valence-corrected chi connectivity index (χ4v) is 3.89. The fourth-order valence-electron chi connectivity index (χ4n) is 3.89. The van der Waals surface area contributed by atoms with Crippen LogP contribution in [0.1, 0.15) is 90.5 Å². The zero-order valence-electron chi connectivity index (χ0n) is 19.5. The number of nitrogens with zero attached hydrogens (tertiary/aromatic N) is 1. The Labute approximate surface area is 184 Å². The molecule has 2 aromatic rings. The van der Waals surface area contributed by atoms with Crippen LogP contribution in [-0.2, 0) is 0 Å². The molecule has 3 nitrogen and oxygen atoms in total. The predicted octanol–water partition coefficient (Wildman–Crippen LogP) is 7.81. The van der Waals surface area contributed by atoms with E-state index in [1.165, 1.54) is 51.4 Å². The highest BCUT2D eigenvalue weighted by molar-refractivity contribution is 6.09. The van der Waals surface area contributed by atoms with Gasteiger partial charge in [0.1, 0.15) is 11.6 Å². The van der Waals surface area contributed by atoms with Gasteiger partial charge in [-0.2, -0.15) is 0 Å². The Balaban J connectivity index is 2.21. The predicted molar refractivity (Wildman–Crippen MR) is 131 cm³/mol. The lowest BCUT2D eigenvalue weighted by Gasteiger charge is -2.26. The molecule has 2 rings (SSSR count). The van der Waals surface area contributed by atoms with Crippen molar-refractivity contribution >= 4 is 16.6 Å². The van der Waals surface area contributed by atoms with Crippen molar-refractivity contribution in [3.05, 3.63) is 42.0 Å². The Hall–Kier alpha value is -2.03. The smallest absolute Gasteiger partial charge is 0.128 e. The summed E-state index contributed by atoms with van der Waals surface area (Å²) in [4.78, 5) is 2.31. The molecule has 0 radical (unpaired) electrons. The number of hydrogen-bond donors (Lipinski definition) is 1. The van der Waals surface area contributed by atoms with Crippen LogP contribution in [-0.4, -0.2) is 30.4 Å². The van der Waals surface area contributed by atoms with Crippen molar-refractivity contribution in [1.82, 2.24) is 4.90 Å². The number of hydrogen-bond acceptors (Lipinski definition) is 2. The lowest BCUT2D eigenvalue weighted by molar-refractivity contribution is 0.313. The fraction of sp³-hybridized carbons (Fsp3) is 0.593. The van der Waals surface area contributed by atoms with E-state index in [1.807, 2.05) is 0 Å². The summed E-state index contributed by atoms with van der Waals surface area (Å²) < 4.78 is 6.05. The summed E-state index contributed by atoms with van der Waals surface area (Å²) in [5.41, 5.74) is 1.03. The first-order valence-corrected chi connectivity index (χ1v) is 12.2. The van der Waals surface area contributed by atoms with Crippen molar-refractivity contribution in [3.63, 3.8) is 0 Å². The normalized spacial score (nSPS) is 11.0. The molecule has 0 bridgehead atoms. The van der Waals surface area contributed by atoms with Crippen molar-refractivity contribution in [1.29, 1.82) is 5.41 Å². The summed E-state index contributed by atoms with van der Waals surface area (Å²) in [5, 5.41) is 11.3. The molecule has 0 atom stereocenters. The summed E-state index contributed by atoms with van der Waals surface area (Å²) in [6, 6.07) is 12.6. The van der Waals surface area contributed by atoms with E-state index in [0.29, 0.717) is 5.84 Å². The van der Waals surface area contributed by atoms with Crippen LogP contribution in [0.3, 0.4) is 0 Å². The highest BCUT2D eigenvalue weighted by Gasteiger charge is 2.16. The minimum absolute atomic E-state index is 0.666. The molecule has 3 heteroatoms. The Morgan fingerprint density at radius 3 is 1.93 bits per heavy atom. The van der Waals surface area contributed by atoms with Gasteiger partial charge in [0.25, 0.3) is 0 Å². The molecular formula is C27H42N2O.